The summed E-state index contributed by atoms with van der Waals surface area (Å²) in [5.74, 6) is 1.69. The first-order valence-corrected chi connectivity index (χ1v) is 5.73. The summed E-state index contributed by atoms with van der Waals surface area (Å²) in [5, 5.41) is 12.5. The minimum absolute atomic E-state index is 0.123. The fraction of sp³-hybridized carbons (Fsp3) is 0.455. The van der Waals surface area contributed by atoms with Crippen molar-refractivity contribution in [1.82, 2.24) is 14.4 Å². The van der Waals surface area contributed by atoms with Crippen LogP contribution >= 0.6 is 0 Å². The minimum Gasteiger partial charge on any atom is -0.393 e. The Hall–Kier alpha value is -1.82. The number of hydrogen-bond acceptors (Lipinski definition) is 5. The molecule has 0 unspecified atom stereocenters. The van der Waals surface area contributed by atoms with Gasteiger partial charge in [-0.1, -0.05) is 0 Å². The van der Waals surface area contributed by atoms with E-state index in [1.807, 2.05) is 10.6 Å². The van der Waals surface area contributed by atoms with Gasteiger partial charge in [0, 0.05) is 18.9 Å². The van der Waals surface area contributed by atoms with Crippen LogP contribution in [0.1, 0.15) is 12.8 Å². The second kappa shape index (κ2) is 3.89. The van der Waals surface area contributed by atoms with Gasteiger partial charge in [-0.3, -0.25) is 0 Å². The van der Waals surface area contributed by atoms with E-state index in [0.29, 0.717) is 17.6 Å². The lowest BCUT2D eigenvalue weighted by atomic mass is 9.82. The molecule has 0 atom stereocenters. The fourth-order valence-corrected chi connectivity index (χ4v) is 2.18. The van der Waals surface area contributed by atoms with Gasteiger partial charge in [0.1, 0.15) is 5.82 Å². The van der Waals surface area contributed by atoms with Crippen LogP contribution in [-0.2, 0) is 0 Å². The molecule has 1 saturated carbocycles. The van der Waals surface area contributed by atoms with Crippen molar-refractivity contribution in [2.75, 3.05) is 17.6 Å². The SMILES string of the molecule is Nc1cn2ccnc2c(NCC2CC(O)C2)n1. The second-order valence-electron chi connectivity index (χ2n) is 4.54. The van der Waals surface area contributed by atoms with Crippen LogP contribution in [0.15, 0.2) is 18.6 Å². The number of aliphatic hydroxyl groups excluding tert-OH is 1. The summed E-state index contributed by atoms with van der Waals surface area (Å²) in [5.41, 5.74) is 6.50. The Balaban J connectivity index is 1.77. The Morgan fingerprint density at radius 3 is 3.12 bits per heavy atom. The topological polar surface area (TPSA) is 88.5 Å². The summed E-state index contributed by atoms with van der Waals surface area (Å²) in [4.78, 5) is 8.47. The van der Waals surface area contributed by atoms with Crippen LogP contribution in [0, 0.1) is 5.92 Å². The molecule has 0 radical (unpaired) electrons. The fourth-order valence-electron chi connectivity index (χ4n) is 2.18. The molecule has 6 heteroatoms. The van der Waals surface area contributed by atoms with Crippen LogP contribution in [-0.4, -0.2) is 32.1 Å². The van der Waals surface area contributed by atoms with Crippen LogP contribution in [0.2, 0.25) is 0 Å². The van der Waals surface area contributed by atoms with Gasteiger partial charge >= 0.3 is 0 Å². The molecule has 2 aromatic heterocycles. The number of imidazole rings is 1. The van der Waals surface area contributed by atoms with Gasteiger partial charge in [-0.15, -0.1) is 0 Å². The highest BCUT2D eigenvalue weighted by molar-refractivity contribution is 5.64. The molecule has 0 aliphatic heterocycles. The first-order valence-electron chi connectivity index (χ1n) is 5.73. The molecule has 17 heavy (non-hydrogen) atoms. The van der Waals surface area contributed by atoms with Crippen LogP contribution in [0.25, 0.3) is 5.65 Å². The average molecular weight is 233 g/mol. The summed E-state index contributed by atoms with van der Waals surface area (Å²) in [6, 6.07) is 0. The highest BCUT2D eigenvalue weighted by Gasteiger charge is 2.26. The highest BCUT2D eigenvalue weighted by Crippen LogP contribution is 2.27. The Morgan fingerprint density at radius 2 is 2.35 bits per heavy atom. The zero-order valence-corrected chi connectivity index (χ0v) is 9.37. The summed E-state index contributed by atoms with van der Waals surface area (Å²) >= 11 is 0. The first kappa shape index (κ1) is 10.3. The molecule has 4 N–H and O–H groups in total. The van der Waals surface area contributed by atoms with Crippen molar-refractivity contribution in [1.29, 1.82) is 0 Å². The van der Waals surface area contributed by atoms with E-state index < -0.39 is 0 Å². The molecule has 2 aromatic rings. The van der Waals surface area contributed by atoms with Gasteiger partial charge in [0.05, 0.1) is 12.3 Å². The molecular weight excluding hydrogens is 218 g/mol. The van der Waals surface area contributed by atoms with E-state index in [-0.39, 0.29) is 6.10 Å². The maximum absolute atomic E-state index is 9.22. The van der Waals surface area contributed by atoms with Gasteiger partial charge in [0.25, 0.3) is 0 Å². The third-order valence-corrected chi connectivity index (χ3v) is 3.16. The van der Waals surface area contributed by atoms with Crippen molar-refractivity contribution in [3.8, 4) is 0 Å². The molecule has 90 valence electrons. The summed E-state index contributed by atoms with van der Waals surface area (Å²) in [6.45, 7) is 0.802. The Kier molecular flexibility index (Phi) is 2.36. The molecule has 0 amide bonds. The number of hydrogen-bond donors (Lipinski definition) is 3. The number of anilines is 2. The quantitative estimate of drug-likeness (QED) is 0.718. The van der Waals surface area contributed by atoms with Crippen molar-refractivity contribution in [2.24, 2.45) is 5.92 Å². The van der Waals surface area contributed by atoms with Crippen molar-refractivity contribution in [3.05, 3.63) is 18.6 Å². The third kappa shape index (κ3) is 1.91. The molecule has 2 heterocycles. The van der Waals surface area contributed by atoms with Crippen LogP contribution in [0.4, 0.5) is 11.6 Å². The van der Waals surface area contributed by atoms with E-state index in [1.165, 1.54) is 0 Å². The molecule has 6 nitrogen and oxygen atoms in total. The molecule has 3 rings (SSSR count). The number of aromatic nitrogens is 3. The van der Waals surface area contributed by atoms with E-state index in [2.05, 4.69) is 15.3 Å². The van der Waals surface area contributed by atoms with E-state index in [0.717, 1.165) is 25.0 Å². The zero-order valence-electron chi connectivity index (χ0n) is 9.37. The van der Waals surface area contributed by atoms with Gasteiger partial charge in [-0.2, -0.15) is 0 Å². The number of nitrogens with one attached hydrogen (secondary N) is 1. The van der Waals surface area contributed by atoms with Crippen LogP contribution in [0.3, 0.4) is 0 Å². The van der Waals surface area contributed by atoms with E-state index in [9.17, 15) is 5.11 Å². The molecule has 0 aromatic carbocycles. The predicted octanol–water partition coefficient (Wildman–Crippen LogP) is 0.494. The first-order chi connectivity index (χ1) is 8.22. The van der Waals surface area contributed by atoms with E-state index >= 15 is 0 Å². The molecule has 1 aliphatic rings. The Bertz CT molecular complexity index is 532. The lowest BCUT2D eigenvalue weighted by Gasteiger charge is -2.31. The van der Waals surface area contributed by atoms with Gasteiger partial charge < -0.3 is 20.6 Å². The van der Waals surface area contributed by atoms with Gasteiger partial charge in [-0.05, 0) is 18.8 Å². The monoisotopic (exact) mass is 233 g/mol. The summed E-state index contributed by atoms with van der Waals surface area (Å²) in [7, 11) is 0. The van der Waals surface area contributed by atoms with E-state index in [4.69, 9.17) is 5.73 Å². The van der Waals surface area contributed by atoms with Crippen LogP contribution < -0.4 is 11.1 Å². The molecule has 1 aliphatic carbocycles. The number of nitrogens with two attached hydrogens (primary N) is 1. The standard InChI is InChI=1S/C11H15N5O/c12-9-6-16-2-1-13-11(16)10(15-9)14-5-7-3-8(17)4-7/h1-2,6-8,17H,3-5,12H2,(H,14,15). The highest BCUT2D eigenvalue weighted by atomic mass is 16.3. The molecule has 0 spiro atoms. The van der Waals surface area contributed by atoms with Gasteiger partial charge in [0.2, 0.25) is 0 Å². The van der Waals surface area contributed by atoms with Crippen molar-refractivity contribution in [3.63, 3.8) is 0 Å². The number of rotatable bonds is 3. The average Bonchev–Trinajstić information content (AvgIpc) is 2.70. The van der Waals surface area contributed by atoms with Crippen molar-refractivity contribution in [2.45, 2.75) is 18.9 Å². The summed E-state index contributed by atoms with van der Waals surface area (Å²) in [6.07, 6.45) is 6.89. The number of fused-ring (bicyclic) bond motifs is 1. The molecule has 1 fully saturated rings. The molecule has 0 saturated heterocycles. The zero-order chi connectivity index (χ0) is 11.8. The Morgan fingerprint density at radius 1 is 1.53 bits per heavy atom. The Labute approximate surface area is 98.5 Å². The molecule has 0 bridgehead atoms. The molecular formula is C11H15N5O. The third-order valence-electron chi connectivity index (χ3n) is 3.16. The normalized spacial score (nSPS) is 23.6. The lowest BCUT2D eigenvalue weighted by molar-refractivity contribution is 0.0486. The maximum atomic E-state index is 9.22. The van der Waals surface area contributed by atoms with Crippen molar-refractivity contribution < 1.29 is 5.11 Å². The number of nitrogens with zero attached hydrogens (tertiary/aromatic N) is 3. The summed E-state index contributed by atoms with van der Waals surface area (Å²) < 4.78 is 1.85. The maximum Gasteiger partial charge on any atom is 0.180 e. The van der Waals surface area contributed by atoms with Crippen LogP contribution in [0.5, 0.6) is 0 Å². The number of aliphatic hydroxyl groups is 1. The van der Waals surface area contributed by atoms with Crippen molar-refractivity contribution >= 4 is 17.3 Å². The smallest absolute Gasteiger partial charge is 0.180 e. The van der Waals surface area contributed by atoms with E-state index in [1.54, 1.807) is 12.4 Å². The predicted molar refractivity (Wildman–Crippen MR) is 64.6 cm³/mol. The van der Waals surface area contributed by atoms with Gasteiger partial charge in [-0.25, -0.2) is 9.97 Å². The van der Waals surface area contributed by atoms with Gasteiger partial charge in [0.15, 0.2) is 11.5 Å². The number of nitrogen functional groups attached to an aromatic ring is 1. The minimum atomic E-state index is -0.123. The second-order valence-corrected chi connectivity index (χ2v) is 4.54. The largest absolute Gasteiger partial charge is 0.393 e. The lowest BCUT2D eigenvalue weighted by Crippen LogP contribution is -2.33.